The van der Waals surface area contributed by atoms with Crippen molar-refractivity contribution in [3.05, 3.63) is 42.0 Å². The number of carbonyl (C=O) groups excluding carboxylic acids is 2. The second kappa shape index (κ2) is 7.00. The van der Waals surface area contributed by atoms with Gasteiger partial charge in [-0.1, -0.05) is 12.7 Å². The van der Waals surface area contributed by atoms with E-state index < -0.39 is 47.0 Å². The van der Waals surface area contributed by atoms with E-state index in [4.69, 9.17) is 4.74 Å². The van der Waals surface area contributed by atoms with Crippen molar-refractivity contribution < 1.29 is 40.7 Å². The van der Waals surface area contributed by atoms with Gasteiger partial charge in [-0.2, -0.15) is 26.3 Å². The van der Waals surface area contributed by atoms with Crippen LogP contribution in [0.1, 0.15) is 17.5 Å². The summed E-state index contributed by atoms with van der Waals surface area (Å²) in [6.45, 7) is 2.85. The number of benzene rings is 1. The maximum atomic E-state index is 12.9. The average molecular weight is 381 g/mol. The van der Waals surface area contributed by atoms with Crippen LogP contribution in [-0.4, -0.2) is 25.0 Å². The maximum Gasteiger partial charge on any atom is 0.416 e. The van der Waals surface area contributed by atoms with Crippen molar-refractivity contribution in [2.24, 2.45) is 5.92 Å². The van der Waals surface area contributed by atoms with E-state index in [-0.39, 0.29) is 25.6 Å². The van der Waals surface area contributed by atoms with E-state index in [1.54, 1.807) is 0 Å². The number of rotatable bonds is 4. The van der Waals surface area contributed by atoms with Gasteiger partial charge in [-0.05, 0) is 18.2 Å². The summed E-state index contributed by atoms with van der Waals surface area (Å²) < 4.78 is 82.2. The summed E-state index contributed by atoms with van der Waals surface area (Å²) in [5, 5.41) is 0. The highest BCUT2D eigenvalue weighted by atomic mass is 19.4. The van der Waals surface area contributed by atoms with Crippen molar-refractivity contribution in [3.8, 4) is 0 Å². The first kappa shape index (κ1) is 19.8. The zero-order valence-corrected chi connectivity index (χ0v) is 13.2. The number of carbonyl (C=O) groups is 2. The molecular formula is C16H13F6NO3. The normalized spacial score (nSPS) is 18.2. The van der Waals surface area contributed by atoms with Crippen molar-refractivity contribution in [1.82, 2.24) is 0 Å². The van der Waals surface area contributed by atoms with Crippen LogP contribution < -0.4 is 4.90 Å². The Balaban J connectivity index is 2.37. The van der Waals surface area contributed by atoms with Crippen molar-refractivity contribution in [2.75, 3.05) is 18.1 Å². The van der Waals surface area contributed by atoms with Gasteiger partial charge in [-0.3, -0.25) is 9.59 Å². The second-order valence-electron chi connectivity index (χ2n) is 5.59. The molecule has 1 saturated heterocycles. The Labute approximate surface area is 144 Å². The quantitative estimate of drug-likeness (QED) is 0.453. The minimum atomic E-state index is -5.03. The van der Waals surface area contributed by atoms with Crippen LogP contribution in [0.15, 0.2) is 30.9 Å². The molecule has 2 rings (SSSR count). The van der Waals surface area contributed by atoms with Crippen molar-refractivity contribution >= 4 is 17.6 Å². The summed E-state index contributed by atoms with van der Waals surface area (Å²) in [5.41, 5.74) is -3.64. The number of ether oxygens (including phenoxy) is 1. The molecule has 1 atom stereocenters. The van der Waals surface area contributed by atoms with Crippen LogP contribution in [0.25, 0.3) is 0 Å². The van der Waals surface area contributed by atoms with E-state index in [1.165, 1.54) is 6.08 Å². The lowest BCUT2D eigenvalue weighted by molar-refractivity contribution is -0.147. The number of nitrogens with zero attached hydrogens (tertiary/aromatic N) is 1. The van der Waals surface area contributed by atoms with Gasteiger partial charge < -0.3 is 9.64 Å². The summed E-state index contributed by atoms with van der Waals surface area (Å²) >= 11 is 0. The molecule has 0 radical (unpaired) electrons. The fourth-order valence-electron chi connectivity index (χ4n) is 2.47. The Morgan fingerprint density at radius 3 is 2.15 bits per heavy atom. The van der Waals surface area contributed by atoms with E-state index in [0.29, 0.717) is 12.1 Å². The topological polar surface area (TPSA) is 46.6 Å². The Bertz CT molecular complexity index is 693. The van der Waals surface area contributed by atoms with E-state index >= 15 is 0 Å². The van der Waals surface area contributed by atoms with Gasteiger partial charge in [0.05, 0.1) is 17.0 Å². The minimum absolute atomic E-state index is 0.0279. The molecule has 0 aliphatic carbocycles. The van der Waals surface area contributed by atoms with Crippen LogP contribution in [-0.2, 0) is 26.7 Å². The molecule has 0 saturated carbocycles. The van der Waals surface area contributed by atoms with E-state index in [2.05, 4.69) is 6.58 Å². The monoisotopic (exact) mass is 381 g/mol. The SMILES string of the molecule is C=CCOC(=O)C1CC(=O)N(c2cc(C(F)(F)F)cc(C(F)(F)F)c2)C1. The molecule has 1 heterocycles. The van der Waals surface area contributed by atoms with Crippen LogP contribution in [0.3, 0.4) is 0 Å². The van der Waals surface area contributed by atoms with Gasteiger partial charge in [0.2, 0.25) is 5.91 Å². The lowest BCUT2D eigenvalue weighted by Gasteiger charge is -2.20. The molecule has 0 spiro atoms. The average Bonchev–Trinajstić information content (AvgIpc) is 2.92. The number of hydrogen-bond donors (Lipinski definition) is 0. The predicted octanol–water partition coefficient (Wildman–Crippen LogP) is 3.81. The lowest BCUT2D eigenvalue weighted by Crippen LogP contribution is -2.27. The first-order valence-electron chi connectivity index (χ1n) is 7.31. The van der Waals surface area contributed by atoms with Gasteiger partial charge in [0, 0.05) is 18.7 Å². The number of hydrogen-bond acceptors (Lipinski definition) is 3. The van der Waals surface area contributed by atoms with Crippen molar-refractivity contribution in [3.63, 3.8) is 0 Å². The summed E-state index contributed by atoms with van der Waals surface area (Å²) in [7, 11) is 0. The number of esters is 1. The molecule has 1 aliphatic rings. The minimum Gasteiger partial charge on any atom is -0.461 e. The summed E-state index contributed by atoms with van der Waals surface area (Å²) in [6, 6.07) is 0.870. The summed E-state index contributed by atoms with van der Waals surface area (Å²) in [4.78, 5) is 24.5. The van der Waals surface area contributed by atoms with Crippen LogP contribution in [0, 0.1) is 5.92 Å². The second-order valence-corrected chi connectivity index (χ2v) is 5.59. The smallest absolute Gasteiger partial charge is 0.416 e. The van der Waals surface area contributed by atoms with E-state index in [0.717, 1.165) is 4.90 Å². The Morgan fingerprint density at radius 2 is 1.69 bits per heavy atom. The van der Waals surface area contributed by atoms with Gasteiger partial charge in [0.1, 0.15) is 6.61 Å². The van der Waals surface area contributed by atoms with Gasteiger partial charge in [0.15, 0.2) is 0 Å². The fraction of sp³-hybridized carbons (Fsp3) is 0.375. The molecule has 4 nitrogen and oxygen atoms in total. The maximum absolute atomic E-state index is 12.9. The Hall–Kier alpha value is -2.52. The van der Waals surface area contributed by atoms with Crippen LogP contribution in [0.4, 0.5) is 32.0 Å². The number of anilines is 1. The molecule has 1 amide bonds. The molecule has 0 N–H and O–H groups in total. The van der Waals surface area contributed by atoms with Gasteiger partial charge in [-0.15, -0.1) is 0 Å². The highest BCUT2D eigenvalue weighted by Crippen LogP contribution is 2.39. The van der Waals surface area contributed by atoms with Crippen molar-refractivity contribution in [1.29, 1.82) is 0 Å². The molecule has 1 fully saturated rings. The molecule has 0 bridgehead atoms. The van der Waals surface area contributed by atoms with Crippen LogP contribution in [0.5, 0.6) is 0 Å². The largest absolute Gasteiger partial charge is 0.461 e. The molecule has 142 valence electrons. The molecule has 1 unspecified atom stereocenters. The molecule has 26 heavy (non-hydrogen) atoms. The Kier molecular flexibility index (Phi) is 5.33. The first-order chi connectivity index (χ1) is 11.9. The molecule has 10 heteroatoms. The molecule has 1 aromatic rings. The molecule has 1 aromatic carbocycles. The number of halogens is 6. The zero-order chi connectivity index (χ0) is 19.7. The van der Waals surface area contributed by atoms with E-state index in [1.807, 2.05) is 0 Å². The van der Waals surface area contributed by atoms with Gasteiger partial charge in [-0.25, -0.2) is 0 Å². The third-order valence-electron chi connectivity index (χ3n) is 3.69. The molecular weight excluding hydrogens is 368 g/mol. The van der Waals surface area contributed by atoms with Crippen LogP contribution >= 0.6 is 0 Å². The number of amides is 1. The third-order valence-corrected chi connectivity index (χ3v) is 3.69. The highest BCUT2D eigenvalue weighted by molar-refractivity contribution is 5.99. The van der Waals surface area contributed by atoms with Gasteiger partial charge >= 0.3 is 18.3 Å². The highest BCUT2D eigenvalue weighted by Gasteiger charge is 2.40. The van der Waals surface area contributed by atoms with Gasteiger partial charge in [0.25, 0.3) is 0 Å². The summed E-state index contributed by atoms with van der Waals surface area (Å²) in [5.74, 6) is -2.52. The standard InChI is InChI=1S/C16H13F6NO3/c1-2-3-26-14(25)9-4-13(24)23(8-9)12-6-10(15(17,18)19)5-11(7-12)16(20,21)22/h2,5-7,9H,1,3-4,8H2. The van der Waals surface area contributed by atoms with E-state index in [9.17, 15) is 35.9 Å². The van der Waals surface area contributed by atoms with Crippen LogP contribution in [0.2, 0.25) is 0 Å². The predicted molar refractivity (Wildman–Crippen MR) is 78.1 cm³/mol. The Morgan fingerprint density at radius 1 is 1.15 bits per heavy atom. The molecule has 0 aromatic heterocycles. The zero-order valence-electron chi connectivity index (χ0n) is 13.2. The molecule has 1 aliphatic heterocycles. The van der Waals surface area contributed by atoms with Crippen molar-refractivity contribution in [2.45, 2.75) is 18.8 Å². The third kappa shape index (κ3) is 4.36. The fourth-order valence-corrected chi connectivity index (χ4v) is 2.47. The summed E-state index contributed by atoms with van der Waals surface area (Å²) in [6.07, 6.45) is -9.13. The first-order valence-corrected chi connectivity index (χ1v) is 7.31. The lowest BCUT2D eigenvalue weighted by atomic mass is 10.1. The number of alkyl halides is 6.